The molecule has 11 heteroatoms. The van der Waals surface area contributed by atoms with Crippen LogP contribution in [0.2, 0.25) is 0 Å². The van der Waals surface area contributed by atoms with Crippen molar-refractivity contribution in [3.8, 4) is 0 Å². The first-order valence-electron chi connectivity index (χ1n) is 9.78. The Kier molecular flexibility index (Phi) is 7.20. The van der Waals surface area contributed by atoms with Crippen molar-refractivity contribution in [2.75, 3.05) is 13.2 Å². The molecule has 2 N–H and O–H groups in total. The number of rotatable bonds is 8. The fourth-order valence-corrected chi connectivity index (χ4v) is 3.92. The first-order valence-corrected chi connectivity index (χ1v) is 9.78. The van der Waals surface area contributed by atoms with Gasteiger partial charge in [-0.1, -0.05) is 18.5 Å². The SMILES string of the molecule is CCCCOC1C(O)=CO[C@@H](O[C@@H]2C3CO[C@H](O)C(N=[N+]=[N-])C2C3)C1OC(C)=O. The van der Waals surface area contributed by atoms with E-state index in [-0.39, 0.29) is 24.2 Å². The lowest BCUT2D eigenvalue weighted by Crippen LogP contribution is -2.56. The molecule has 2 heterocycles. The number of hydrogen-bond acceptors (Lipinski definition) is 9. The molecule has 2 fully saturated rings. The molecule has 3 aliphatic rings. The van der Waals surface area contributed by atoms with E-state index in [9.17, 15) is 15.0 Å². The van der Waals surface area contributed by atoms with Gasteiger partial charge in [-0.05, 0) is 24.3 Å². The van der Waals surface area contributed by atoms with E-state index in [1.165, 1.54) is 6.92 Å². The Morgan fingerprint density at radius 1 is 1.45 bits per heavy atom. The van der Waals surface area contributed by atoms with Gasteiger partial charge < -0.3 is 33.9 Å². The maximum Gasteiger partial charge on any atom is 0.303 e. The van der Waals surface area contributed by atoms with Gasteiger partial charge in [0.05, 0.1) is 18.8 Å². The van der Waals surface area contributed by atoms with Crippen molar-refractivity contribution in [3.05, 3.63) is 22.5 Å². The third-order valence-corrected chi connectivity index (χ3v) is 5.43. The topological polar surface area (TPSA) is 152 Å². The molecule has 29 heavy (non-hydrogen) atoms. The molecule has 2 bridgehead atoms. The van der Waals surface area contributed by atoms with Gasteiger partial charge in [-0.2, -0.15) is 0 Å². The Balaban J connectivity index is 1.75. The normalized spacial score (nSPS) is 38.5. The summed E-state index contributed by atoms with van der Waals surface area (Å²) in [5.41, 5.74) is 8.80. The zero-order chi connectivity index (χ0) is 21.0. The van der Waals surface area contributed by atoms with E-state index >= 15 is 0 Å². The molecular formula is C18H27N3O8. The molecule has 2 aliphatic heterocycles. The van der Waals surface area contributed by atoms with Crippen LogP contribution >= 0.6 is 0 Å². The second-order valence-corrected chi connectivity index (χ2v) is 7.45. The van der Waals surface area contributed by atoms with Crippen LogP contribution in [0.5, 0.6) is 0 Å². The van der Waals surface area contributed by atoms with Crippen LogP contribution < -0.4 is 0 Å². The number of nitrogens with zero attached hydrogens (tertiary/aromatic N) is 3. The molecule has 0 aromatic heterocycles. The maximum absolute atomic E-state index is 11.6. The fourth-order valence-electron chi connectivity index (χ4n) is 3.92. The number of hydrogen-bond donors (Lipinski definition) is 2. The molecular weight excluding hydrogens is 386 g/mol. The van der Waals surface area contributed by atoms with E-state index in [2.05, 4.69) is 10.0 Å². The zero-order valence-electron chi connectivity index (χ0n) is 16.4. The van der Waals surface area contributed by atoms with Crippen molar-refractivity contribution in [1.82, 2.24) is 0 Å². The van der Waals surface area contributed by atoms with Crippen molar-refractivity contribution in [3.63, 3.8) is 0 Å². The smallest absolute Gasteiger partial charge is 0.303 e. The van der Waals surface area contributed by atoms with Crippen LogP contribution in [0.15, 0.2) is 17.1 Å². The highest BCUT2D eigenvalue weighted by atomic mass is 16.7. The van der Waals surface area contributed by atoms with Crippen LogP contribution in [-0.4, -0.2) is 66.3 Å². The zero-order valence-corrected chi connectivity index (χ0v) is 16.4. The van der Waals surface area contributed by atoms with Crippen LogP contribution in [0, 0.1) is 11.8 Å². The molecule has 5 unspecified atom stereocenters. The highest BCUT2D eigenvalue weighted by Crippen LogP contribution is 2.45. The maximum atomic E-state index is 11.6. The van der Waals surface area contributed by atoms with Gasteiger partial charge in [0.2, 0.25) is 6.29 Å². The number of ether oxygens (including phenoxy) is 5. The lowest BCUT2D eigenvalue weighted by atomic mass is 9.69. The second-order valence-electron chi connectivity index (χ2n) is 7.45. The summed E-state index contributed by atoms with van der Waals surface area (Å²) in [6.07, 6.45) is -1.14. The quantitative estimate of drug-likeness (QED) is 0.201. The molecule has 11 nitrogen and oxygen atoms in total. The molecule has 0 radical (unpaired) electrons. The molecule has 1 saturated carbocycles. The highest BCUT2D eigenvalue weighted by molar-refractivity contribution is 5.66. The standard InChI is InChI=1S/C18H27N3O8/c1-3-4-5-25-15-12(23)8-27-18(16(15)28-9(2)22)29-14-10-6-11(14)13(20-21-19)17(24)26-7-10/h8,10-11,13-18,23-24H,3-7H2,1-2H3/t10?,11?,13?,14-,15?,16?,17+,18+/m1/s1. The summed E-state index contributed by atoms with van der Waals surface area (Å²) in [4.78, 5) is 14.4. The minimum absolute atomic E-state index is 0.0333. The lowest BCUT2D eigenvalue weighted by Gasteiger charge is -2.46. The highest BCUT2D eigenvalue weighted by Gasteiger charge is 2.54. The first-order chi connectivity index (χ1) is 14.0. The number of azide groups is 1. The molecule has 1 saturated heterocycles. The number of aliphatic hydroxyl groups is 2. The Labute approximate surface area is 168 Å². The number of carbonyl (C=O) groups is 1. The van der Waals surface area contributed by atoms with E-state index in [4.69, 9.17) is 29.2 Å². The first kappa shape index (κ1) is 21.7. The van der Waals surface area contributed by atoms with Gasteiger partial charge in [0.25, 0.3) is 0 Å². The van der Waals surface area contributed by atoms with Gasteiger partial charge in [0, 0.05) is 24.4 Å². The largest absolute Gasteiger partial charge is 0.506 e. The molecule has 3 rings (SSSR count). The number of unbranched alkanes of at least 4 members (excludes halogenated alkanes) is 1. The molecule has 0 aromatic carbocycles. The van der Waals surface area contributed by atoms with Gasteiger partial charge in [-0.3, -0.25) is 4.79 Å². The van der Waals surface area contributed by atoms with Gasteiger partial charge in [0.1, 0.15) is 6.26 Å². The van der Waals surface area contributed by atoms with Crippen LogP contribution in [0.3, 0.4) is 0 Å². The van der Waals surface area contributed by atoms with Gasteiger partial charge in [0.15, 0.2) is 24.3 Å². The van der Waals surface area contributed by atoms with Gasteiger partial charge >= 0.3 is 5.97 Å². The average molecular weight is 413 g/mol. The Morgan fingerprint density at radius 3 is 2.93 bits per heavy atom. The summed E-state index contributed by atoms with van der Waals surface area (Å²) >= 11 is 0. The number of esters is 1. The van der Waals surface area contributed by atoms with Gasteiger partial charge in [-0.15, -0.1) is 0 Å². The van der Waals surface area contributed by atoms with Crippen LogP contribution in [0.1, 0.15) is 33.1 Å². The molecule has 0 spiro atoms. The third kappa shape index (κ3) is 4.76. The number of fused-ring (bicyclic) bond motifs is 2. The van der Waals surface area contributed by atoms with Crippen molar-refractivity contribution in [2.24, 2.45) is 17.0 Å². The summed E-state index contributed by atoms with van der Waals surface area (Å²) in [6.45, 7) is 3.87. The summed E-state index contributed by atoms with van der Waals surface area (Å²) in [5.74, 6) is -1.06. The van der Waals surface area contributed by atoms with Crippen LogP contribution in [-0.2, 0) is 28.5 Å². The Bertz CT molecular complexity index is 667. The van der Waals surface area contributed by atoms with E-state index in [1.807, 2.05) is 6.92 Å². The second kappa shape index (κ2) is 9.64. The van der Waals surface area contributed by atoms with E-state index in [0.717, 1.165) is 19.1 Å². The van der Waals surface area contributed by atoms with Crippen molar-refractivity contribution < 1.29 is 38.7 Å². The average Bonchev–Trinajstić information content (AvgIpc) is 2.90. The molecule has 0 amide bonds. The van der Waals surface area contributed by atoms with Crippen LogP contribution in [0.25, 0.3) is 10.4 Å². The number of carbonyl (C=O) groups excluding carboxylic acids is 1. The third-order valence-electron chi connectivity index (χ3n) is 5.43. The van der Waals surface area contributed by atoms with Gasteiger partial charge in [-0.25, -0.2) is 0 Å². The lowest BCUT2D eigenvalue weighted by molar-refractivity contribution is -0.267. The summed E-state index contributed by atoms with van der Waals surface area (Å²) in [7, 11) is 0. The van der Waals surface area contributed by atoms with E-state index in [0.29, 0.717) is 13.0 Å². The molecule has 1 aliphatic carbocycles. The predicted molar refractivity (Wildman–Crippen MR) is 97.1 cm³/mol. The summed E-state index contributed by atoms with van der Waals surface area (Å²) < 4.78 is 28.0. The van der Waals surface area contributed by atoms with Crippen molar-refractivity contribution >= 4 is 5.97 Å². The Morgan fingerprint density at radius 2 is 2.24 bits per heavy atom. The van der Waals surface area contributed by atoms with Crippen molar-refractivity contribution in [2.45, 2.75) is 70.0 Å². The fraction of sp³-hybridized carbons (Fsp3) is 0.833. The number of aliphatic hydroxyl groups excluding tert-OH is 2. The molecule has 162 valence electrons. The monoisotopic (exact) mass is 413 g/mol. The predicted octanol–water partition coefficient (Wildman–Crippen LogP) is 1.91. The minimum Gasteiger partial charge on any atom is -0.506 e. The van der Waals surface area contributed by atoms with E-state index in [1.54, 1.807) is 0 Å². The summed E-state index contributed by atoms with van der Waals surface area (Å²) in [6, 6.07) is -0.792. The van der Waals surface area contributed by atoms with E-state index < -0.39 is 42.9 Å². The van der Waals surface area contributed by atoms with Crippen molar-refractivity contribution in [1.29, 1.82) is 0 Å². The molecule has 0 aromatic rings. The summed E-state index contributed by atoms with van der Waals surface area (Å²) in [5, 5.41) is 23.9. The Hall–Kier alpha value is -2.04. The van der Waals surface area contributed by atoms with Crippen LogP contribution in [0.4, 0.5) is 0 Å². The molecule has 8 atom stereocenters. The minimum atomic E-state index is -1.21.